The van der Waals surface area contributed by atoms with Crippen LogP contribution in [-0.2, 0) is 16.6 Å². The molecule has 31 heavy (non-hydrogen) atoms. The van der Waals surface area contributed by atoms with Crippen LogP contribution < -0.4 is 10.6 Å². The number of fused-ring (bicyclic) bond motifs is 1. The molecule has 2 N–H and O–H groups in total. The number of likely N-dealkylation sites (tertiary alicyclic amines) is 1. The highest BCUT2D eigenvalue weighted by molar-refractivity contribution is 6.31. The zero-order valence-corrected chi connectivity index (χ0v) is 19.2. The van der Waals surface area contributed by atoms with Gasteiger partial charge in [0.1, 0.15) is 0 Å². The maximum Gasteiger partial charge on any atom is 0.317 e. The molecule has 1 saturated heterocycles. The fourth-order valence-corrected chi connectivity index (χ4v) is 5.37. The normalized spacial score (nSPS) is 22.7. The quantitative estimate of drug-likeness (QED) is 0.586. The standard InChI is InChI=1S/C23H24Cl3N3O2/c24-8-9-27-22(31)29-10-2-4-16(14-29)23(13-15-3-1-5-17(25)11-15)19-7-6-18(26)12-20(19)28-21(23)30/h1,3,5-7,11-12,16H,2,4,8-10,13-14H2,(H,27,31)(H,28,30). The number of hydrogen-bond donors (Lipinski definition) is 2. The molecule has 164 valence electrons. The molecule has 0 spiro atoms. The van der Waals surface area contributed by atoms with Crippen LogP contribution in [0.1, 0.15) is 24.0 Å². The molecule has 2 heterocycles. The number of rotatable bonds is 5. The van der Waals surface area contributed by atoms with Gasteiger partial charge in [-0.05, 0) is 60.6 Å². The number of hydrogen-bond acceptors (Lipinski definition) is 2. The zero-order valence-electron chi connectivity index (χ0n) is 17.0. The predicted molar refractivity (Wildman–Crippen MR) is 125 cm³/mol. The minimum atomic E-state index is -0.809. The molecule has 8 heteroatoms. The van der Waals surface area contributed by atoms with E-state index in [0.29, 0.717) is 42.0 Å². The summed E-state index contributed by atoms with van der Waals surface area (Å²) in [6.45, 7) is 1.56. The third kappa shape index (κ3) is 4.36. The second-order valence-corrected chi connectivity index (χ2v) is 9.38. The summed E-state index contributed by atoms with van der Waals surface area (Å²) in [6, 6.07) is 13.0. The first-order valence-corrected chi connectivity index (χ1v) is 11.7. The topological polar surface area (TPSA) is 61.4 Å². The van der Waals surface area contributed by atoms with Crippen LogP contribution in [0.15, 0.2) is 42.5 Å². The summed E-state index contributed by atoms with van der Waals surface area (Å²) in [5, 5.41) is 7.09. The van der Waals surface area contributed by atoms with Crippen molar-refractivity contribution in [3.05, 3.63) is 63.6 Å². The number of alkyl halides is 1. The van der Waals surface area contributed by atoms with Gasteiger partial charge in [-0.3, -0.25) is 4.79 Å². The highest BCUT2D eigenvalue weighted by Gasteiger charge is 2.53. The zero-order chi connectivity index (χ0) is 22.0. The Balaban J connectivity index is 1.73. The molecular weight excluding hydrogens is 457 g/mol. The largest absolute Gasteiger partial charge is 0.337 e. The third-order valence-corrected chi connectivity index (χ3v) is 6.92. The number of anilines is 1. The molecule has 5 nitrogen and oxygen atoms in total. The summed E-state index contributed by atoms with van der Waals surface area (Å²) in [5.41, 5.74) is 1.84. The number of amides is 3. The van der Waals surface area contributed by atoms with Crippen LogP contribution in [0.5, 0.6) is 0 Å². The molecule has 0 bridgehead atoms. The van der Waals surface area contributed by atoms with Gasteiger partial charge in [-0.1, -0.05) is 41.4 Å². The number of benzene rings is 2. The molecule has 1 fully saturated rings. The van der Waals surface area contributed by atoms with Crippen LogP contribution in [0.4, 0.5) is 10.5 Å². The monoisotopic (exact) mass is 479 g/mol. The molecule has 2 unspecified atom stereocenters. The minimum absolute atomic E-state index is 0.0515. The Kier molecular flexibility index (Phi) is 6.65. The Morgan fingerprint density at radius 1 is 1.19 bits per heavy atom. The Bertz CT molecular complexity index is 1000. The molecule has 4 rings (SSSR count). The van der Waals surface area contributed by atoms with E-state index in [1.165, 1.54) is 0 Å². The van der Waals surface area contributed by atoms with Gasteiger partial charge in [0.05, 0.1) is 5.41 Å². The number of nitrogens with one attached hydrogen (secondary N) is 2. The lowest BCUT2D eigenvalue weighted by Gasteiger charge is -2.42. The molecule has 0 aromatic heterocycles. The van der Waals surface area contributed by atoms with Crippen LogP contribution in [-0.4, -0.2) is 42.4 Å². The molecule has 2 aromatic rings. The number of halogens is 3. The van der Waals surface area contributed by atoms with Crippen LogP contribution >= 0.6 is 34.8 Å². The lowest BCUT2D eigenvalue weighted by atomic mass is 9.65. The summed E-state index contributed by atoms with van der Waals surface area (Å²) in [7, 11) is 0. The average Bonchev–Trinajstić information content (AvgIpc) is 3.03. The number of carbonyl (C=O) groups is 2. The Labute approximate surface area is 197 Å². The van der Waals surface area contributed by atoms with Crippen molar-refractivity contribution in [1.29, 1.82) is 0 Å². The summed E-state index contributed by atoms with van der Waals surface area (Å²) >= 11 is 18.2. The summed E-state index contributed by atoms with van der Waals surface area (Å²) in [5.74, 6) is 0.250. The van der Waals surface area contributed by atoms with E-state index in [-0.39, 0.29) is 17.9 Å². The van der Waals surface area contributed by atoms with E-state index in [1.54, 1.807) is 11.0 Å². The van der Waals surface area contributed by atoms with Crippen molar-refractivity contribution in [1.82, 2.24) is 10.2 Å². The third-order valence-electron chi connectivity index (χ3n) is 6.26. The SMILES string of the molecule is O=C(NCCCl)N1CCCC(C2(Cc3cccc(Cl)c3)C(=O)Nc3cc(Cl)ccc32)C1. The summed E-state index contributed by atoms with van der Waals surface area (Å²) in [4.78, 5) is 28.0. The number of piperidine rings is 1. The van der Waals surface area contributed by atoms with Gasteiger partial charge in [-0.25, -0.2) is 4.79 Å². The van der Waals surface area contributed by atoms with Crippen molar-refractivity contribution >= 4 is 52.4 Å². The second kappa shape index (κ2) is 9.27. The van der Waals surface area contributed by atoms with Gasteiger partial charge in [0.15, 0.2) is 0 Å². The van der Waals surface area contributed by atoms with Gasteiger partial charge in [0, 0.05) is 41.2 Å². The van der Waals surface area contributed by atoms with Gasteiger partial charge >= 0.3 is 6.03 Å². The fourth-order valence-electron chi connectivity index (χ4n) is 4.89. The molecule has 2 aliphatic heterocycles. The molecule has 2 atom stereocenters. The van der Waals surface area contributed by atoms with Crippen LogP contribution in [0.3, 0.4) is 0 Å². The van der Waals surface area contributed by atoms with Gasteiger partial charge in [0.25, 0.3) is 0 Å². The molecule has 2 aliphatic rings. The van der Waals surface area contributed by atoms with Gasteiger partial charge < -0.3 is 15.5 Å². The fraction of sp³-hybridized carbons (Fsp3) is 0.391. The van der Waals surface area contributed by atoms with Gasteiger partial charge in [-0.15, -0.1) is 11.6 Å². The lowest BCUT2D eigenvalue weighted by molar-refractivity contribution is -0.123. The van der Waals surface area contributed by atoms with Gasteiger partial charge in [-0.2, -0.15) is 0 Å². The van der Waals surface area contributed by atoms with Crippen LogP contribution in [0, 0.1) is 5.92 Å². The highest BCUT2D eigenvalue weighted by Crippen LogP contribution is 2.49. The van der Waals surface area contributed by atoms with Crippen molar-refractivity contribution < 1.29 is 9.59 Å². The van der Waals surface area contributed by atoms with Crippen molar-refractivity contribution in [3.63, 3.8) is 0 Å². The summed E-state index contributed by atoms with van der Waals surface area (Å²) < 4.78 is 0. The Hall–Kier alpha value is -1.95. The van der Waals surface area contributed by atoms with E-state index in [4.69, 9.17) is 34.8 Å². The first kappa shape index (κ1) is 22.3. The molecule has 0 aliphatic carbocycles. The lowest BCUT2D eigenvalue weighted by Crippen LogP contribution is -2.54. The van der Waals surface area contributed by atoms with Crippen LogP contribution in [0.25, 0.3) is 0 Å². The van der Waals surface area contributed by atoms with E-state index in [9.17, 15) is 9.59 Å². The van der Waals surface area contributed by atoms with Crippen molar-refractivity contribution in [2.75, 3.05) is 30.8 Å². The minimum Gasteiger partial charge on any atom is -0.337 e. The maximum atomic E-state index is 13.6. The van der Waals surface area contributed by atoms with Crippen molar-refractivity contribution in [2.45, 2.75) is 24.7 Å². The highest BCUT2D eigenvalue weighted by atomic mass is 35.5. The van der Waals surface area contributed by atoms with Crippen molar-refractivity contribution in [2.24, 2.45) is 5.92 Å². The average molecular weight is 481 g/mol. The van der Waals surface area contributed by atoms with Crippen molar-refractivity contribution in [3.8, 4) is 0 Å². The smallest absolute Gasteiger partial charge is 0.317 e. The van der Waals surface area contributed by atoms with E-state index >= 15 is 0 Å². The molecule has 3 amide bonds. The van der Waals surface area contributed by atoms with E-state index < -0.39 is 5.41 Å². The van der Waals surface area contributed by atoms with E-state index in [1.807, 2.05) is 36.4 Å². The molecule has 0 saturated carbocycles. The first-order valence-electron chi connectivity index (χ1n) is 10.4. The van der Waals surface area contributed by atoms with Gasteiger partial charge in [0.2, 0.25) is 5.91 Å². The Morgan fingerprint density at radius 2 is 2.00 bits per heavy atom. The Morgan fingerprint density at radius 3 is 2.77 bits per heavy atom. The number of carbonyl (C=O) groups excluding carboxylic acids is 2. The predicted octanol–water partition coefficient (Wildman–Crippen LogP) is 5.09. The first-order chi connectivity index (χ1) is 14.9. The summed E-state index contributed by atoms with van der Waals surface area (Å²) in [6.07, 6.45) is 2.16. The number of nitrogens with zero attached hydrogens (tertiary/aromatic N) is 1. The van der Waals surface area contributed by atoms with Crippen LogP contribution in [0.2, 0.25) is 10.0 Å². The van der Waals surface area contributed by atoms with E-state index in [2.05, 4.69) is 10.6 Å². The van der Waals surface area contributed by atoms with E-state index in [0.717, 1.165) is 29.7 Å². The second-order valence-electron chi connectivity index (χ2n) is 8.13. The molecular formula is C23H24Cl3N3O2. The molecule has 2 aromatic carbocycles. The maximum absolute atomic E-state index is 13.6. The number of urea groups is 1. The molecule has 0 radical (unpaired) electrons.